The fourth-order valence-electron chi connectivity index (χ4n) is 2.46. The van der Waals surface area contributed by atoms with Gasteiger partial charge in [0.1, 0.15) is 0 Å². The molecule has 4 nitrogen and oxygen atoms in total. The van der Waals surface area contributed by atoms with Crippen molar-refractivity contribution >= 4 is 5.91 Å². The maximum atomic E-state index is 12.0. The lowest BCUT2D eigenvalue weighted by Crippen LogP contribution is -2.57. The minimum atomic E-state index is -0.0256. The molecule has 2 fully saturated rings. The van der Waals surface area contributed by atoms with E-state index in [1.165, 1.54) is 0 Å². The van der Waals surface area contributed by atoms with Crippen molar-refractivity contribution in [3.05, 3.63) is 0 Å². The molecule has 2 unspecified atom stereocenters. The number of likely N-dealkylation sites (tertiary alicyclic amines) is 1. The van der Waals surface area contributed by atoms with Crippen molar-refractivity contribution in [1.82, 2.24) is 10.2 Å². The highest BCUT2D eigenvalue weighted by Crippen LogP contribution is 2.29. The number of amides is 1. The Labute approximate surface area is 104 Å². The lowest BCUT2D eigenvalue weighted by Gasteiger charge is -2.44. The van der Waals surface area contributed by atoms with Crippen molar-refractivity contribution < 1.29 is 4.79 Å². The Bertz CT molecular complexity index is 299. The fourth-order valence-corrected chi connectivity index (χ4v) is 2.46. The van der Waals surface area contributed by atoms with Crippen LogP contribution in [0.1, 0.15) is 40.0 Å². The molecular weight excluding hydrogens is 214 g/mol. The second-order valence-electron chi connectivity index (χ2n) is 6.31. The van der Waals surface area contributed by atoms with Crippen LogP contribution in [0.25, 0.3) is 0 Å². The molecule has 2 atom stereocenters. The molecule has 1 amide bonds. The summed E-state index contributed by atoms with van der Waals surface area (Å²) in [6.45, 7) is 8.23. The number of hydrogen-bond acceptors (Lipinski definition) is 3. The molecule has 1 heterocycles. The molecule has 1 saturated carbocycles. The van der Waals surface area contributed by atoms with E-state index in [-0.39, 0.29) is 23.4 Å². The summed E-state index contributed by atoms with van der Waals surface area (Å²) < 4.78 is 0. The monoisotopic (exact) mass is 239 g/mol. The second-order valence-corrected chi connectivity index (χ2v) is 6.31. The van der Waals surface area contributed by atoms with Gasteiger partial charge in [0.15, 0.2) is 0 Å². The first kappa shape index (κ1) is 12.8. The van der Waals surface area contributed by atoms with Crippen LogP contribution in [-0.2, 0) is 4.79 Å². The number of hydrogen-bond donors (Lipinski definition) is 2. The van der Waals surface area contributed by atoms with Gasteiger partial charge < -0.3 is 11.1 Å². The van der Waals surface area contributed by atoms with E-state index in [0.717, 1.165) is 32.4 Å². The number of carbonyl (C=O) groups excluding carboxylic acids is 1. The topological polar surface area (TPSA) is 58.4 Å². The van der Waals surface area contributed by atoms with E-state index >= 15 is 0 Å². The Morgan fingerprint density at radius 2 is 2.06 bits per heavy atom. The molecule has 3 N–H and O–H groups in total. The van der Waals surface area contributed by atoms with E-state index in [9.17, 15) is 4.79 Å². The molecule has 0 aromatic carbocycles. The first-order valence-corrected chi connectivity index (χ1v) is 6.70. The summed E-state index contributed by atoms with van der Waals surface area (Å²) in [5.74, 6) is 0.179. The van der Waals surface area contributed by atoms with Crippen LogP contribution in [0.2, 0.25) is 0 Å². The van der Waals surface area contributed by atoms with Gasteiger partial charge in [-0.15, -0.1) is 0 Å². The average molecular weight is 239 g/mol. The van der Waals surface area contributed by atoms with Crippen molar-refractivity contribution in [2.45, 2.75) is 58.2 Å². The largest absolute Gasteiger partial charge is 0.352 e. The molecular formula is C13H25N3O. The Morgan fingerprint density at radius 1 is 1.41 bits per heavy atom. The Kier molecular flexibility index (Phi) is 3.46. The van der Waals surface area contributed by atoms with Gasteiger partial charge in [0.2, 0.25) is 5.91 Å². The number of nitrogens with zero attached hydrogens (tertiary/aromatic N) is 1. The van der Waals surface area contributed by atoms with E-state index < -0.39 is 0 Å². The molecule has 17 heavy (non-hydrogen) atoms. The molecule has 98 valence electrons. The van der Waals surface area contributed by atoms with Crippen LogP contribution in [0.3, 0.4) is 0 Å². The molecule has 0 spiro atoms. The Hall–Kier alpha value is -0.610. The van der Waals surface area contributed by atoms with Crippen molar-refractivity contribution in [1.29, 1.82) is 0 Å². The molecule has 0 aromatic rings. The molecule has 1 aliphatic carbocycles. The number of nitrogens with one attached hydrogen (secondary N) is 1. The van der Waals surface area contributed by atoms with E-state index in [0.29, 0.717) is 6.04 Å². The predicted molar refractivity (Wildman–Crippen MR) is 68.6 cm³/mol. The van der Waals surface area contributed by atoms with Gasteiger partial charge in [-0.2, -0.15) is 0 Å². The van der Waals surface area contributed by atoms with Gasteiger partial charge in [0, 0.05) is 25.2 Å². The van der Waals surface area contributed by atoms with E-state index in [1.807, 2.05) is 6.92 Å². The average Bonchev–Trinajstić information content (AvgIpc) is 3.04. The molecule has 2 rings (SSSR count). The zero-order chi connectivity index (χ0) is 12.6. The Balaban J connectivity index is 1.90. The zero-order valence-electron chi connectivity index (χ0n) is 11.2. The van der Waals surface area contributed by atoms with Gasteiger partial charge in [0.25, 0.3) is 0 Å². The van der Waals surface area contributed by atoms with Gasteiger partial charge in [-0.3, -0.25) is 9.69 Å². The van der Waals surface area contributed by atoms with Gasteiger partial charge in [-0.25, -0.2) is 0 Å². The van der Waals surface area contributed by atoms with Crippen molar-refractivity contribution in [2.75, 3.05) is 13.1 Å². The number of carbonyl (C=O) groups is 1. The third kappa shape index (κ3) is 2.99. The highest BCUT2D eigenvalue weighted by molar-refractivity contribution is 5.81. The van der Waals surface area contributed by atoms with Crippen molar-refractivity contribution in [3.8, 4) is 0 Å². The van der Waals surface area contributed by atoms with Crippen LogP contribution >= 0.6 is 0 Å². The summed E-state index contributed by atoms with van der Waals surface area (Å²) in [4.78, 5) is 14.3. The number of piperidine rings is 1. The number of rotatable bonds is 3. The van der Waals surface area contributed by atoms with E-state index in [1.54, 1.807) is 0 Å². The van der Waals surface area contributed by atoms with Gasteiger partial charge >= 0.3 is 0 Å². The fraction of sp³-hybridized carbons (Fsp3) is 0.923. The van der Waals surface area contributed by atoms with E-state index in [2.05, 4.69) is 24.1 Å². The van der Waals surface area contributed by atoms with Crippen molar-refractivity contribution in [3.63, 3.8) is 0 Å². The Morgan fingerprint density at radius 3 is 2.59 bits per heavy atom. The van der Waals surface area contributed by atoms with Crippen LogP contribution in [0.5, 0.6) is 0 Å². The molecule has 0 radical (unpaired) electrons. The maximum Gasteiger partial charge on any atom is 0.237 e. The highest BCUT2D eigenvalue weighted by Gasteiger charge is 2.37. The van der Waals surface area contributed by atoms with Gasteiger partial charge in [-0.05, 0) is 31.6 Å². The molecule has 1 aliphatic heterocycles. The minimum absolute atomic E-state index is 0.0256. The SMILES string of the molecule is CC(C(=O)NC1CC1)N1CCC(N)C(C)(C)C1. The first-order chi connectivity index (χ1) is 7.90. The second kappa shape index (κ2) is 4.58. The van der Waals surface area contributed by atoms with E-state index in [4.69, 9.17) is 5.73 Å². The lowest BCUT2D eigenvalue weighted by molar-refractivity contribution is -0.127. The molecule has 2 aliphatic rings. The molecule has 0 aromatic heterocycles. The summed E-state index contributed by atoms with van der Waals surface area (Å²) in [6, 6.07) is 0.671. The third-order valence-corrected chi connectivity index (χ3v) is 4.19. The standard InChI is InChI=1S/C13H25N3O/c1-9(12(17)15-10-4-5-10)16-7-6-11(14)13(2,3)8-16/h9-11H,4-8,14H2,1-3H3,(H,15,17). The molecule has 1 saturated heterocycles. The minimum Gasteiger partial charge on any atom is -0.352 e. The zero-order valence-corrected chi connectivity index (χ0v) is 11.2. The summed E-state index contributed by atoms with van der Waals surface area (Å²) in [6.07, 6.45) is 3.28. The van der Waals surface area contributed by atoms with Gasteiger partial charge in [0.05, 0.1) is 6.04 Å². The van der Waals surface area contributed by atoms with Crippen molar-refractivity contribution in [2.24, 2.45) is 11.1 Å². The smallest absolute Gasteiger partial charge is 0.237 e. The summed E-state index contributed by atoms with van der Waals surface area (Å²) >= 11 is 0. The summed E-state index contributed by atoms with van der Waals surface area (Å²) in [5, 5.41) is 3.08. The van der Waals surface area contributed by atoms with Crippen LogP contribution in [0, 0.1) is 5.41 Å². The lowest BCUT2D eigenvalue weighted by atomic mass is 9.79. The third-order valence-electron chi connectivity index (χ3n) is 4.19. The summed E-state index contributed by atoms with van der Waals surface area (Å²) in [7, 11) is 0. The van der Waals surface area contributed by atoms with Gasteiger partial charge in [-0.1, -0.05) is 13.8 Å². The number of nitrogens with two attached hydrogens (primary N) is 1. The molecule has 4 heteroatoms. The van der Waals surface area contributed by atoms with Crippen LogP contribution in [0.15, 0.2) is 0 Å². The highest BCUT2D eigenvalue weighted by atomic mass is 16.2. The van der Waals surface area contributed by atoms with Crippen LogP contribution < -0.4 is 11.1 Å². The quantitative estimate of drug-likeness (QED) is 0.762. The molecule has 0 bridgehead atoms. The first-order valence-electron chi connectivity index (χ1n) is 6.70. The van der Waals surface area contributed by atoms with Crippen LogP contribution in [-0.4, -0.2) is 42.0 Å². The van der Waals surface area contributed by atoms with Crippen LogP contribution in [0.4, 0.5) is 0 Å². The normalized spacial score (nSPS) is 30.9. The summed E-state index contributed by atoms with van der Waals surface area (Å²) in [5.41, 5.74) is 6.22. The maximum absolute atomic E-state index is 12.0. The predicted octanol–water partition coefficient (Wildman–Crippen LogP) is 0.713.